The highest BCUT2D eigenvalue weighted by Gasteiger charge is 2.28. The summed E-state index contributed by atoms with van der Waals surface area (Å²) in [4.78, 5) is 11.7. The molecule has 1 saturated carbocycles. The fraction of sp³-hybridized carbons (Fsp3) is 0.917. The van der Waals surface area contributed by atoms with Crippen LogP contribution in [0.25, 0.3) is 0 Å². The van der Waals surface area contributed by atoms with Crippen LogP contribution in [0.2, 0.25) is 0 Å². The van der Waals surface area contributed by atoms with Crippen molar-refractivity contribution < 1.29 is 18.3 Å². The van der Waals surface area contributed by atoms with Gasteiger partial charge >= 0.3 is 6.03 Å². The second-order valence-corrected chi connectivity index (χ2v) is 7.86. The second-order valence-electron chi connectivity index (χ2n) is 5.63. The molecule has 3 N–H and O–H groups in total. The highest BCUT2D eigenvalue weighted by molar-refractivity contribution is 7.91. The quantitative estimate of drug-likeness (QED) is 0.683. The Morgan fingerprint density at radius 3 is 2.42 bits per heavy atom. The van der Waals surface area contributed by atoms with E-state index in [4.69, 9.17) is 0 Å². The predicted octanol–water partition coefficient (Wildman–Crippen LogP) is 0.0238. The van der Waals surface area contributed by atoms with E-state index in [0.717, 1.165) is 25.7 Å². The SMILES string of the molecule is O=C(NCC1CCS(=O)(=O)C1)NC1CCC(O)CC1. The van der Waals surface area contributed by atoms with Crippen molar-refractivity contribution in [3.63, 3.8) is 0 Å². The van der Waals surface area contributed by atoms with Crippen LogP contribution >= 0.6 is 0 Å². The summed E-state index contributed by atoms with van der Waals surface area (Å²) < 4.78 is 22.6. The molecule has 1 unspecified atom stereocenters. The van der Waals surface area contributed by atoms with E-state index in [1.54, 1.807) is 0 Å². The summed E-state index contributed by atoms with van der Waals surface area (Å²) in [5.41, 5.74) is 0. The van der Waals surface area contributed by atoms with Crippen molar-refractivity contribution in [2.75, 3.05) is 18.1 Å². The number of hydrogen-bond acceptors (Lipinski definition) is 4. The molecule has 0 aromatic carbocycles. The van der Waals surface area contributed by atoms with Gasteiger partial charge in [0, 0.05) is 12.6 Å². The van der Waals surface area contributed by atoms with Gasteiger partial charge < -0.3 is 15.7 Å². The van der Waals surface area contributed by atoms with Crippen LogP contribution in [0, 0.1) is 5.92 Å². The van der Waals surface area contributed by atoms with E-state index < -0.39 is 9.84 Å². The van der Waals surface area contributed by atoms with Crippen molar-refractivity contribution in [2.24, 2.45) is 5.92 Å². The molecule has 1 atom stereocenters. The van der Waals surface area contributed by atoms with Gasteiger partial charge in [-0.1, -0.05) is 0 Å². The molecule has 110 valence electrons. The van der Waals surface area contributed by atoms with Gasteiger partial charge in [-0.25, -0.2) is 13.2 Å². The maximum Gasteiger partial charge on any atom is 0.315 e. The molecule has 1 aliphatic carbocycles. The zero-order chi connectivity index (χ0) is 13.9. The summed E-state index contributed by atoms with van der Waals surface area (Å²) in [6, 6.07) is -0.110. The fourth-order valence-electron chi connectivity index (χ4n) is 2.73. The van der Waals surface area contributed by atoms with Crippen molar-refractivity contribution in [1.29, 1.82) is 0 Å². The van der Waals surface area contributed by atoms with E-state index in [9.17, 15) is 18.3 Å². The fourth-order valence-corrected chi connectivity index (χ4v) is 4.59. The summed E-state index contributed by atoms with van der Waals surface area (Å²) in [6.07, 6.45) is 3.46. The Hall–Kier alpha value is -0.820. The molecule has 2 aliphatic rings. The maximum absolute atomic E-state index is 11.7. The summed E-state index contributed by atoms with van der Waals surface area (Å²) in [6.45, 7) is 0.417. The molecule has 2 rings (SSSR count). The van der Waals surface area contributed by atoms with Gasteiger partial charge in [0.25, 0.3) is 0 Å². The van der Waals surface area contributed by atoms with Crippen LogP contribution in [0.3, 0.4) is 0 Å². The van der Waals surface area contributed by atoms with Crippen molar-refractivity contribution in [3.8, 4) is 0 Å². The Morgan fingerprint density at radius 2 is 1.84 bits per heavy atom. The third-order valence-corrected chi connectivity index (χ3v) is 5.75. The van der Waals surface area contributed by atoms with Crippen LogP contribution in [-0.2, 0) is 9.84 Å². The van der Waals surface area contributed by atoms with Crippen LogP contribution in [0.15, 0.2) is 0 Å². The largest absolute Gasteiger partial charge is 0.393 e. The standard InChI is InChI=1S/C12H22N2O4S/c15-11-3-1-10(2-4-11)14-12(16)13-7-9-5-6-19(17,18)8-9/h9-11,15H,1-8H2,(H2,13,14,16). The lowest BCUT2D eigenvalue weighted by Crippen LogP contribution is -2.45. The molecule has 0 aromatic rings. The molecule has 0 bridgehead atoms. The lowest BCUT2D eigenvalue weighted by molar-refractivity contribution is 0.117. The summed E-state index contributed by atoms with van der Waals surface area (Å²) in [7, 11) is -2.88. The molecule has 6 nitrogen and oxygen atoms in total. The lowest BCUT2D eigenvalue weighted by Gasteiger charge is -2.26. The number of nitrogens with one attached hydrogen (secondary N) is 2. The molecule has 7 heteroatoms. The van der Waals surface area contributed by atoms with E-state index in [0.29, 0.717) is 13.0 Å². The van der Waals surface area contributed by atoms with Gasteiger partial charge in [0.1, 0.15) is 0 Å². The normalized spacial score (nSPS) is 33.8. The number of hydrogen-bond donors (Lipinski definition) is 3. The Kier molecular flexibility index (Phi) is 4.67. The average Bonchev–Trinajstić information content (AvgIpc) is 2.69. The summed E-state index contributed by atoms with van der Waals surface area (Å²) in [5.74, 6) is 0.466. The number of carbonyl (C=O) groups excluding carboxylic acids is 1. The molecule has 2 fully saturated rings. The summed E-state index contributed by atoms with van der Waals surface area (Å²) >= 11 is 0. The smallest absolute Gasteiger partial charge is 0.315 e. The van der Waals surface area contributed by atoms with Crippen LogP contribution in [0.4, 0.5) is 4.79 Å². The molecule has 1 heterocycles. The number of aliphatic hydroxyl groups excluding tert-OH is 1. The Bertz CT molecular complexity index is 415. The Labute approximate surface area is 113 Å². The Balaban J connectivity index is 1.65. The number of amides is 2. The average molecular weight is 290 g/mol. The molecule has 2 amide bonds. The zero-order valence-electron chi connectivity index (χ0n) is 11.0. The third-order valence-electron chi connectivity index (χ3n) is 3.91. The van der Waals surface area contributed by atoms with Gasteiger partial charge in [0.05, 0.1) is 17.6 Å². The second kappa shape index (κ2) is 6.09. The zero-order valence-corrected chi connectivity index (χ0v) is 11.8. The number of rotatable bonds is 3. The highest BCUT2D eigenvalue weighted by atomic mass is 32.2. The van der Waals surface area contributed by atoms with Gasteiger partial charge in [-0.3, -0.25) is 0 Å². The van der Waals surface area contributed by atoms with Crippen LogP contribution in [-0.4, -0.2) is 49.8 Å². The van der Waals surface area contributed by atoms with Crippen LogP contribution < -0.4 is 10.6 Å². The van der Waals surface area contributed by atoms with E-state index in [-0.39, 0.29) is 35.6 Å². The van der Waals surface area contributed by atoms with Crippen LogP contribution in [0.5, 0.6) is 0 Å². The predicted molar refractivity (Wildman–Crippen MR) is 71.6 cm³/mol. The lowest BCUT2D eigenvalue weighted by atomic mass is 9.93. The molecule has 1 aliphatic heterocycles. The van der Waals surface area contributed by atoms with Gasteiger partial charge in [-0.15, -0.1) is 0 Å². The first-order valence-electron chi connectivity index (χ1n) is 6.87. The molecule has 1 saturated heterocycles. The number of sulfone groups is 1. The van der Waals surface area contributed by atoms with Gasteiger partial charge in [0.15, 0.2) is 9.84 Å². The third kappa shape index (κ3) is 4.65. The first-order chi connectivity index (χ1) is 8.94. The van der Waals surface area contributed by atoms with Crippen molar-refractivity contribution >= 4 is 15.9 Å². The van der Waals surface area contributed by atoms with Gasteiger partial charge in [-0.2, -0.15) is 0 Å². The minimum Gasteiger partial charge on any atom is -0.393 e. The van der Waals surface area contributed by atoms with Gasteiger partial charge in [-0.05, 0) is 38.0 Å². The van der Waals surface area contributed by atoms with E-state index in [1.165, 1.54) is 0 Å². The first-order valence-corrected chi connectivity index (χ1v) is 8.69. The minimum absolute atomic E-state index is 0.0453. The van der Waals surface area contributed by atoms with Crippen LogP contribution in [0.1, 0.15) is 32.1 Å². The van der Waals surface area contributed by atoms with E-state index in [2.05, 4.69) is 10.6 Å². The van der Waals surface area contributed by atoms with E-state index >= 15 is 0 Å². The van der Waals surface area contributed by atoms with Gasteiger partial charge in [0.2, 0.25) is 0 Å². The molecule has 19 heavy (non-hydrogen) atoms. The molecule has 0 spiro atoms. The minimum atomic E-state index is -2.88. The molecular weight excluding hydrogens is 268 g/mol. The Morgan fingerprint density at radius 1 is 1.16 bits per heavy atom. The van der Waals surface area contributed by atoms with Crippen molar-refractivity contribution in [3.05, 3.63) is 0 Å². The highest BCUT2D eigenvalue weighted by Crippen LogP contribution is 2.19. The number of urea groups is 1. The molecule has 0 radical (unpaired) electrons. The molecular formula is C12H22N2O4S. The first kappa shape index (κ1) is 14.6. The summed E-state index contributed by atoms with van der Waals surface area (Å²) in [5, 5.41) is 15.0. The van der Waals surface area contributed by atoms with Crippen molar-refractivity contribution in [1.82, 2.24) is 10.6 Å². The maximum atomic E-state index is 11.7. The topological polar surface area (TPSA) is 95.5 Å². The number of carbonyl (C=O) groups is 1. The van der Waals surface area contributed by atoms with E-state index in [1.807, 2.05) is 0 Å². The van der Waals surface area contributed by atoms with Crippen molar-refractivity contribution in [2.45, 2.75) is 44.2 Å². The molecule has 0 aromatic heterocycles. The number of aliphatic hydroxyl groups is 1. The monoisotopic (exact) mass is 290 g/mol.